The normalized spacial score (nSPS) is 10.8. The number of aryl methyl sites for hydroxylation is 1. The van der Waals surface area contributed by atoms with Crippen LogP contribution in [0.3, 0.4) is 0 Å². The number of aromatic nitrogens is 4. The Morgan fingerprint density at radius 2 is 1.88 bits per heavy atom. The van der Waals surface area contributed by atoms with E-state index in [2.05, 4.69) is 31.2 Å². The lowest BCUT2D eigenvalue weighted by atomic mass is 10.1. The predicted molar refractivity (Wildman–Crippen MR) is 101 cm³/mol. The zero-order valence-corrected chi connectivity index (χ0v) is 15.3. The van der Waals surface area contributed by atoms with Crippen LogP contribution in [0, 0.1) is 6.92 Å². The molecular formula is C19H13BrN4O2. The Bertz CT molecular complexity index is 1130. The molecule has 7 heteroatoms. The number of benzene rings is 2. The van der Waals surface area contributed by atoms with Gasteiger partial charge in [0.05, 0.1) is 5.69 Å². The Labute approximate surface area is 157 Å². The van der Waals surface area contributed by atoms with Gasteiger partial charge in [-0.1, -0.05) is 57.0 Å². The molecule has 6 nitrogen and oxygen atoms in total. The average molecular weight is 409 g/mol. The van der Waals surface area contributed by atoms with Gasteiger partial charge in [-0.2, -0.15) is 10.1 Å². The zero-order chi connectivity index (χ0) is 18.1. The van der Waals surface area contributed by atoms with Gasteiger partial charge in [-0.15, -0.1) is 0 Å². The lowest BCUT2D eigenvalue weighted by molar-refractivity contribution is 0.429. The van der Waals surface area contributed by atoms with Gasteiger partial charge in [0.2, 0.25) is 11.3 Å². The first-order valence-electron chi connectivity index (χ1n) is 7.87. The summed E-state index contributed by atoms with van der Waals surface area (Å²) in [5.74, 6) is 0.508. The van der Waals surface area contributed by atoms with Crippen molar-refractivity contribution in [2.24, 2.45) is 0 Å². The third-order valence-electron chi connectivity index (χ3n) is 3.82. The van der Waals surface area contributed by atoms with Crippen LogP contribution in [0.4, 0.5) is 0 Å². The number of nitrogens with zero attached hydrogens (tertiary/aromatic N) is 4. The van der Waals surface area contributed by atoms with Crippen LogP contribution < -0.4 is 5.43 Å². The molecule has 0 saturated heterocycles. The fourth-order valence-electron chi connectivity index (χ4n) is 2.46. The van der Waals surface area contributed by atoms with Crippen molar-refractivity contribution in [3.8, 4) is 28.7 Å². The van der Waals surface area contributed by atoms with E-state index < -0.39 is 0 Å². The molecule has 0 aliphatic carbocycles. The summed E-state index contributed by atoms with van der Waals surface area (Å²) in [5, 5.41) is 8.33. The Kier molecular flexibility index (Phi) is 4.22. The van der Waals surface area contributed by atoms with E-state index >= 15 is 0 Å². The summed E-state index contributed by atoms with van der Waals surface area (Å²) in [4.78, 5) is 16.6. The van der Waals surface area contributed by atoms with Crippen LogP contribution >= 0.6 is 15.9 Å². The minimum absolute atomic E-state index is 0.0925. The summed E-state index contributed by atoms with van der Waals surface area (Å²) in [6.07, 6.45) is 1.60. The second-order valence-corrected chi connectivity index (χ2v) is 6.66. The van der Waals surface area contributed by atoms with Crippen molar-refractivity contribution >= 4 is 15.9 Å². The molecule has 2 aromatic heterocycles. The Morgan fingerprint density at radius 3 is 2.65 bits per heavy atom. The first kappa shape index (κ1) is 16.4. The smallest absolute Gasteiger partial charge is 0.282 e. The Morgan fingerprint density at radius 1 is 1.08 bits per heavy atom. The highest BCUT2D eigenvalue weighted by Crippen LogP contribution is 2.20. The standard InChI is InChI=1S/C19H13BrN4O2/c1-12-5-7-13(8-6-12)18-21-19(26-23-18)17-16(25)9-10-24(22-17)15-4-2-3-14(20)11-15/h2-11H,1H3. The summed E-state index contributed by atoms with van der Waals surface area (Å²) < 4.78 is 7.79. The molecule has 0 spiro atoms. The van der Waals surface area contributed by atoms with Gasteiger partial charge in [-0.3, -0.25) is 4.79 Å². The highest BCUT2D eigenvalue weighted by Gasteiger charge is 2.16. The van der Waals surface area contributed by atoms with Crippen LogP contribution in [0.15, 0.2) is 74.6 Å². The number of hydrogen-bond acceptors (Lipinski definition) is 5. The maximum atomic E-state index is 12.2. The molecule has 128 valence electrons. The van der Waals surface area contributed by atoms with Crippen LogP contribution in [0.5, 0.6) is 0 Å². The number of hydrogen-bond donors (Lipinski definition) is 0. The van der Waals surface area contributed by atoms with Crippen molar-refractivity contribution < 1.29 is 4.52 Å². The van der Waals surface area contributed by atoms with Gasteiger partial charge in [-0.05, 0) is 25.1 Å². The van der Waals surface area contributed by atoms with Gasteiger partial charge in [0, 0.05) is 22.3 Å². The monoisotopic (exact) mass is 408 g/mol. The summed E-state index contributed by atoms with van der Waals surface area (Å²) in [6, 6.07) is 16.8. The van der Waals surface area contributed by atoms with Gasteiger partial charge in [0.25, 0.3) is 5.89 Å². The minimum Gasteiger partial charge on any atom is -0.332 e. The molecule has 0 aliphatic heterocycles. The number of halogens is 1. The first-order chi connectivity index (χ1) is 12.6. The largest absolute Gasteiger partial charge is 0.332 e. The van der Waals surface area contributed by atoms with Gasteiger partial charge in [0.15, 0.2) is 5.69 Å². The van der Waals surface area contributed by atoms with Gasteiger partial charge < -0.3 is 4.52 Å². The topological polar surface area (TPSA) is 73.8 Å². The van der Waals surface area contributed by atoms with Crippen LogP contribution in [0.1, 0.15) is 5.56 Å². The average Bonchev–Trinajstić information content (AvgIpc) is 3.12. The van der Waals surface area contributed by atoms with Gasteiger partial charge in [-0.25, -0.2) is 4.68 Å². The summed E-state index contributed by atoms with van der Waals surface area (Å²) >= 11 is 3.43. The quantitative estimate of drug-likeness (QED) is 0.511. The van der Waals surface area contributed by atoms with Crippen molar-refractivity contribution in [3.05, 3.63) is 81.1 Å². The van der Waals surface area contributed by atoms with Gasteiger partial charge >= 0.3 is 0 Å². The molecule has 2 aromatic carbocycles. The molecule has 0 atom stereocenters. The number of rotatable bonds is 3. The van der Waals surface area contributed by atoms with Crippen molar-refractivity contribution in [2.45, 2.75) is 6.92 Å². The van der Waals surface area contributed by atoms with Gasteiger partial charge in [0.1, 0.15) is 0 Å². The summed E-state index contributed by atoms with van der Waals surface area (Å²) in [6.45, 7) is 2.00. The van der Waals surface area contributed by atoms with Crippen LogP contribution in [0.2, 0.25) is 0 Å². The van der Waals surface area contributed by atoms with E-state index in [9.17, 15) is 4.79 Å². The minimum atomic E-state index is -0.282. The maximum Gasteiger partial charge on any atom is 0.282 e. The molecular weight excluding hydrogens is 396 g/mol. The van der Waals surface area contributed by atoms with E-state index in [1.165, 1.54) is 6.07 Å². The highest BCUT2D eigenvalue weighted by atomic mass is 79.9. The molecule has 0 unspecified atom stereocenters. The SMILES string of the molecule is Cc1ccc(-c2noc(-c3nn(-c4cccc(Br)c4)ccc3=O)n2)cc1. The third kappa shape index (κ3) is 3.21. The molecule has 4 aromatic rings. The second kappa shape index (κ2) is 6.68. The van der Waals surface area contributed by atoms with Crippen molar-refractivity contribution in [2.75, 3.05) is 0 Å². The van der Waals surface area contributed by atoms with E-state index in [0.29, 0.717) is 5.82 Å². The zero-order valence-electron chi connectivity index (χ0n) is 13.8. The van der Waals surface area contributed by atoms with Crippen LogP contribution in [-0.4, -0.2) is 19.9 Å². The van der Waals surface area contributed by atoms with E-state index in [-0.39, 0.29) is 17.0 Å². The van der Waals surface area contributed by atoms with E-state index in [1.807, 2.05) is 55.5 Å². The Balaban J connectivity index is 1.75. The molecule has 26 heavy (non-hydrogen) atoms. The molecule has 0 amide bonds. The molecule has 4 rings (SSSR count). The van der Waals surface area contributed by atoms with E-state index in [0.717, 1.165) is 21.3 Å². The van der Waals surface area contributed by atoms with Crippen LogP contribution in [0.25, 0.3) is 28.7 Å². The van der Waals surface area contributed by atoms with E-state index in [1.54, 1.807) is 10.9 Å². The predicted octanol–water partition coefficient (Wildman–Crippen LogP) is 4.02. The maximum absolute atomic E-state index is 12.2. The summed E-state index contributed by atoms with van der Waals surface area (Å²) in [7, 11) is 0. The van der Waals surface area contributed by atoms with Crippen LogP contribution in [-0.2, 0) is 0 Å². The molecule has 0 saturated carbocycles. The third-order valence-corrected chi connectivity index (χ3v) is 4.31. The van der Waals surface area contributed by atoms with Crippen molar-refractivity contribution in [3.63, 3.8) is 0 Å². The molecule has 2 heterocycles. The van der Waals surface area contributed by atoms with E-state index in [4.69, 9.17) is 4.52 Å². The molecule has 0 radical (unpaired) electrons. The summed E-state index contributed by atoms with van der Waals surface area (Å²) in [5.41, 5.74) is 2.58. The van der Waals surface area contributed by atoms with Crippen molar-refractivity contribution in [1.29, 1.82) is 0 Å². The fourth-order valence-corrected chi connectivity index (χ4v) is 2.84. The molecule has 0 fully saturated rings. The molecule has 0 N–H and O–H groups in total. The molecule has 0 bridgehead atoms. The highest BCUT2D eigenvalue weighted by molar-refractivity contribution is 9.10. The van der Waals surface area contributed by atoms with Crippen molar-refractivity contribution in [1.82, 2.24) is 19.9 Å². The Hall–Kier alpha value is -3.06. The lowest BCUT2D eigenvalue weighted by Crippen LogP contribution is -2.12. The fraction of sp³-hybridized carbons (Fsp3) is 0.0526. The second-order valence-electron chi connectivity index (χ2n) is 5.74. The lowest BCUT2D eigenvalue weighted by Gasteiger charge is -2.06. The first-order valence-corrected chi connectivity index (χ1v) is 8.66. The molecule has 0 aliphatic rings.